The number of amides is 1. The summed E-state index contributed by atoms with van der Waals surface area (Å²) in [6.07, 6.45) is 10.4. The van der Waals surface area contributed by atoms with E-state index in [2.05, 4.69) is 16.3 Å². The number of nitrogens with two attached hydrogens (primary N) is 1. The lowest BCUT2D eigenvalue weighted by Crippen LogP contribution is -2.41. The third kappa shape index (κ3) is 5.30. The molecule has 0 saturated carbocycles. The van der Waals surface area contributed by atoms with Gasteiger partial charge in [0, 0.05) is 25.6 Å². The fourth-order valence-corrected chi connectivity index (χ4v) is 5.66. The van der Waals surface area contributed by atoms with Crippen molar-refractivity contribution >= 4 is 15.9 Å². The minimum absolute atomic E-state index is 0.223. The first-order valence-corrected chi connectivity index (χ1v) is 12.9. The molecule has 0 bridgehead atoms. The number of aryl methyl sites for hydroxylation is 2. The number of carbonyl (C=O) groups excluding carboxylic acids is 1. The summed E-state index contributed by atoms with van der Waals surface area (Å²) in [7, 11) is -3.83. The van der Waals surface area contributed by atoms with Crippen molar-refractivity contribution in [2.24, 2.45) is 5.14 Å². The first kappa shape index (κ1) is 22.3. The Morgan fingerprint density at radius 1 is 1.23 bits per heavy atom. The van der Waals surface area contributed by atoms with Crippen molar-refractivity contribution < 1.29 is 17.9 Å². The number of nitrogens with one attached hydrogen (secondary N) is 1. The van der Waals surface area contributed by atoms with Gasteiger partial charge in [-0.2, -0.15) is 0 Å². The Morgan fingerprint density at radius 3 is 2.81 bits per heavy atom. The van der Waals surface area contributed by atoms with Crippen LogP contribution in [0.1, 0.15) is 66.4 Å². The van der Waals surface area contributed by atoms with Crippen LogP contribution in [0, 0.1) is 6.92 Å². The van der Waals surface area contributed by atoms with E-state index in [-0.39, 0.29) is 5.91 Å². The molecule has 0 aromatic heterocycles. The summed E-state index contributed by atoms with van der Waals surface area (Å²) in [4.78, 5) is 15.6. The van der Waals surface area contributed by atoms with Crippen molar-refractivity contribution in [3.63, 3.8) is 0 Å². The lowest BCUT2D eigenvalue weighted by Gasteiger charge is -2.28. The summed E-state index contributed by atoms with van der Waals surface area (Å²) in [5, 5.41) is 8.37. The molecule has 1 fully saturated rings. The molecule has 2 aliphatic heterocycles. The monoisotopic (exact) mass is 447 g/mol. The number of rotatable bonds is 6. The van der Waals surface area contributed by atoms with Crippen LogP contribution in [0.2, 0.25) is 0 Å². The molecule has 1 aliphatic carbocycles. The highest BCUT2D eigenvalue weighted by Crippen LogP contribution is 2.34. The van der Waals surface area contributed by atoms with Crippen molar-refractivity contribution in [2.45, 2.75) is 69.8 Å². The molecule has 8 heteroatoms. The van der Waals surface area contributed by atoms with Crippen LogP contribution in [0.4, 0.5) is 0 Å². The molecular formula is C23H33N3O4S. The van der Waals surface area contributed by atoms with Crippen LogP contribution in [0.3, 0.4) is 0 Å². The van der Waals surface area contributed by atoms with Crippen LogP contribution in [-0.2, 0) is 16.4 Å². The van der Waals surface area contributed by atoms with Crippen LogP contribution in [-0.4, -0.2) is 50.3 Å². The maximum atomic E-state index is 13.1. The highest BCUT2D eigenvalue weighted by atomic mass is 32.2. The van der Waals surface area contributed by atoms with Gasteiger partial charge in [0.1, 0.15) is 5.75 Å². The molecule has 0 radical (unpaired) electrons. The minimum Gasteiger partial charge on any atom is -0.472 e. The van der Waals surface area contributed by atoms with Crippen LogP contribution in [0.25, 0.3) is 0 Å². The van der Waals surface area contributed by atoms with Crippen LogP contribution in [0.15, 0.2) is 23.8 Å². The third-order valence-corrected chi connectivity index (χ3v) is 7.67. The van der Waals surface area contributed by atoms with Crippen molar-refractivity contribution in [2.75, 3.05) is 19.6 Å². The van der Waals surface area contributed by atoms with Gasteiger partial charge in [-0.05, 0) is 75.6 Å². The smallest absolute Gasteiger partial charge is 0.255 e. The number of hydrogen-bond acceptors (Lipinski definition) is 5. The zero-order valence-electron chi connectivity index (χ0n) is 18.2. The molecule has 3 N–H and O–H groups in total. The van der Waals surface area contributed by atoms with E-state index in [4.69, 9.17) is 9.88 Å². The summed E-state index contributed by atoms with van der Waals surface area (Å²) in [6.45, 7) is 4.57. The molecule has 1 aromatic rings. The number of ether oxygens (including phenoxy) is 1. The zero-order chi connectivity index (χ0) is 22.0. The van der Waals surface area contributed by atoms with Gasteiger partial charge in [0.25, 0.3) is 5.91 Å². The second kappa shape index (κ2) is 9.30. The average Bonchev–Trinajstić information content (AvgIpc) is 3.18. The van der Waals surface area contributed by atoms with Gasteiger partial charge >= 0.3 is 0 Å². The van der Waals surface area contributed by atoms with Gasteiger partial charge < -0.3 is 10.1 Å². The molecule has 2 heterocycles. The van der Waals surface area contributed by atoms with E-state index in [9.17, 15) is 13.2 Å². The predicted octanol–water partition coefficient (Wildman–Crippen LogP) is 2.63. The first-order chi connectivity index (χ1) is 14.8. The van der Waals surface area contributed by atoms with Crippen LogP contribution in [0.5, 0.6) is 5.75 Å². The van der Waals surface area contributed by atoms with Crippen molar-refractivity contribution in [3.8, 4) is 5.75 Å². The van der Waals surface area contributed by atoms with Crippen molar-refractivity contribution in [3.05, 3.63) is 40.5 Å². The van der Waals surface area contributed by atoms with Crippen LogP contribution >= 0.6 is 0 Å². The average molecular weight is 448 g/mol. The van der Waals surface area contributed by atoms with Gasteiger partial charge in [-0.1, -0.05) is 17.7 Å². The third-order valence-electron chi connectivity index (χ3n) is 6.61. The highest BCUT2D eigenvalue weighted by Gasteiger charge is 2.32. The van der Waals surface area contributed by atoms with Gasteiger partial charge in [0.05, 0.1) is 5.56 Å². The topological polar surface area (TPSA) is 102 Å². The molecule has 4 rings (SSSR count). The van der Waals surface area contributed by atoms with Gasteiger partial charge in [0.2, 0.25) is 15.5 Å². The molecule has 31 heavy (non-hydrogen) atoms. The molecule has 2 atom stereocenters. The summed E-state index contributed by atoms with van der Waals surface area (Å²) in [5.74, 6) is 0.128. The number of sulfonamides is 1. The predicted molar refractivity (Wildman–Crippen MR) is 121 cm³/mol. The summed E-state index contributed by atoms with van der Waals surface area (Å²) < 4.78 is 29.3. The largest absolute Gasteiger partial charge is 0.472 e. The number of allylic oxidation sites excluding steroid dienone is 1. The van der Waals surface area contributed by atoms with Gasteiger partial charge in [-0.3, -0.25) is 9.69 Å². The minimum atomic E-state index is -3.83. The Kier molecular flexibility index (Phi) is 6.69. The standard InChI is InChI=1S/C23H33N3O4S/c1-16-12-18-9-10-21(31(24,28)29)30-22(18)20(13-16)23(27)25-14-19-8-5-11-26(19)15-17-6-3-2-4-7-17/h6,12-13,19,21H,2-5,7-11,14-15H2,1H3,(H,25,27)(H2,24,28,29). The number of likely N-dealkylation sites (tertiary alicyclic amines) is 1. The van der Waals surface area contributed by atoms with E-state index >= 15 is 0 Å². The molecule has 3 aliphatic rings. The quantitative estimate of drug-likeness (QED) is 0.653. The fraction of sp³-hybridized carbons (Fsp3) is 0.609. The van der Waals surface area contributed by atoms with Gasteiger partial charge in [-0.25, -0.2) is 13.6 Å². The van der Waals surface area contributed by atoms with E-state index in [1.165, 1.54) is 31.3 Å². The summed E-state index contributed by atoms with van der Waals surface area (Å²) >= 11 is 0. The fourth-order valence-electron chi connectivity index (χ4n) is 4.99. The Labute approximate surface area is 185 Å². The number of nitrogens with zero attached hydrogens (tertiary/aromatic N) is 1. The Balaban J connectivity index is 1.44. The molecule has 2 unspecified atom stereocenters. The second-order valence-corrected chi connectivity index (χ2v) is 10.8. The maximum absolute atomic E-state index is 13.1. The van der Waals surface area contributed by atoms with E-state index in [0.29, 0.717) is 36.7 Å². The lowest BCUT2D eigenvalue weighted by molar-refractivity contribution is 0.0935. The molecule has 170 valence electrons. The first-order valence-electron chi connectivity index (χ1n) is 11.3. The summed E-state index contributed by atoms with van der Waals surface area (Å²) in [6, 6.07) is 4.03. The Hall–Kier alpha value is -1.90. The number of carbonyl (C=O) groups is 1. The Morgan fingerprint density at radius 2 is 2.06 bits per heavy atom. The molecular weight excluding hydrogens is 414 g/mol. The van der Waals surface area contributed by atoms with Crippen molar-refractivity contribution in [1.82, 2.24) is 10.2 Å². The summed E-state index contributed by atoms with van der Waals surface area (Å²) in [5.41, 5.74) is 2.62. The normalized spacial score (nSPS) is 24.3. The number of primary sulfonamides is 1. The molecule has 0 spiro atoms. The van der Waals surface area contributed by atoms with Crippen molar-refractivity contribution in [1.29, 1.82) is 0 Å². The molecule has 1 aromatic carbocycles. The lowest BCUT2D eigenvalue weighted by atomic mass is 9.98. The molecule has 1 amide bonds. The van der Waals surface area contributed by atoms with E-state index in [0.717, 1.165) is 37.1 Å². The Bertz CT molecular complexity index is 973. The van der Waals surface area contributed by atoms with Crippen LogP contribution < -0.4 is 15.2 Å². The van der Waals surface area contributed by atoms with Gasteiger partial charge in [-0.15, -0.1) is 0 Å². The van der Waals surface area contributed by atoms with Gasteiger partial charge in [0.15, 0.2) is 0 Å². The van der Waals surface area contributed by atoms with E-state index < -0.39 is 15.5 Å². The maximum Gasteiger partial charge on any atom is 0.255 e. The second-order valence-electron chi connectivity index (χ2n) is 9.06. The zero-order valence-corrected chi connectivity index (χ0v) is 19.0. The number of hydrogen-bond donors (Lipinski definition) is 2. The van der Waals surface area contributed by atoms with E-state index in [1.54, 1.807) is 6.07 Å². The highest BCUT2D eigenvalue weighted by molar-refractivity contribution is 7.89. The molecule has 1 saturated heterocycles. The number of fused-ring (bicyclic) bond motifs is 1. The van der Waals surface area contributed by atoms with E-state index in [1.807, 2.05) is 13.0 Å². The molecule has 7 nitrogen and oxygen atoms in total. The SMILES string of the molecule is Cc1cc2c(c(C(=O)NCC3CCCN3CC3=CCCCC3)c1)OC(S(N)(=O)=O)CC2. The number of benzene rings is 1.